The first kappa shape index (κ1) is 17.4. The van der Waals surface area contributed by atoms with Gasteiger partial charge in [0.2, 0.25) is 5.91 Å². The lowest BCUT2D eigenvalue weighted by Crippen LogP contribution is -2.51. The second-order valence-corrected chi connectivity index (χ2v) is 5.69. The number of piperazine rings is 1. The van der Waals surface area contributed by atoms with Gasteiger partial charge in [-0.05, 0) is 25.2 Å². The molecule has 6 nitrogen and oxygen atoms in total. The number of carbonyl (C=O) groups excluding carboxylic acids is 2. The molecule has 1 saturated heterocycles. The maximum atomic E-state index is 12.3. The normalized spacial score (nSPS) is 15.1. The molecule has 0 aliphatic carbocycles. The van der Waals surface area contributed by atoms with Crippen molar-refractivity contribution in [3.05, 3.63) is 30.1 Å². The third-order valence-corrected chi connectivity index (χ3v) is 4.36. The summed E-state index contributed by atoms with van der Waals surface area (Å²) in [4.78, 5) is 34.5. The van der Waals surface area contributed by atoms with Gasteiger partial charge in [0.15, 0.2) is 0 Å². The molecule has 0 saturated carbocycles. The molecule has 0 N–H and O–H groups in total. The Morgan fingerprint density at radius 1 is 1.13 bits per heavy atom. The number of nitrogens with zero attached hydrogens (tertiary/aromatic N) is 4. The van der Waals surface area contributed by atoms with Crippen molar-refractivity contribution >= 4 is 11.8 Å². The van der Waals surface area contributed by atoms with Crippen LogP contribution < -0.4 is 0 Å². The first-order chi connectivity index (χ1) is 11.2. The van der Waals surface area contributed by atoms with Crippen molar-refractivity contribution in [2.75, 3.05) is 45.8 Å². The largest absolute Gasteiger partial charge is 0.339 e. The van der Waals surface area contributed by atoms with Gasteiger partial charge in [0.25, 0.3) is 5.91 Å². The zero-order valence-electron chi connectivity index (χ0n) is 14.1. The van der Waals surface area contributed by atoms with Gasteiger partial charge in [0.1, 0.15) is 0 Å². The predicted octanol–water partition coefficient (Wildman–Crippen LogP) is 1.10. The molecule has 1 aromatic rings. The Morgan fingerprint density at radius 2 is 1.78 bits per heavy atom. The van der Waals surface area contributed by atoms with Gasteiger partial charge in [0.05, 0.1) is 5.56 Å². The summed E-state index contributed by atoms with van der Waals surface area (Å²) in [5.41, 5.74) is 0.605. The second kappa shape index (κ2) is 8.62. The maximum Gasteiger partial charge on any atom is 0.255 e. The van der Waals surface area contributed by atoms with Crippen LogP contribution in [0.25, 0.3) is 0 Å². The molecule has 1 aromatic heterocycles. The summed E-state index contributed by atoms with van der Waals surface area (Å²) in [7, 11) is 0. The zero-order valence-corrected chi connectivity index (χ0v) is 14.1. The summed E-state index contributed by atoms with van der Waals surface area (Å²) in [5, 5.41) is 0. The van der Waals surface area contributed by atoms with Crippen LogP contribution in [0.1, 0.15) is 30.6 Å². The molecule has 2 amide bonds. The van der Waals surface area contributed by atoms with Crippen molar-refractivity contribution < 1.29 is 9.59 Å². The minimum Gasteiger partial charge on any atom is -0.339 e. The second-order valence-electron chi connectivity index (χ2n) is 5.69. The molecule has 1 aliphatic heterocycles. The van der Waals surface area contributed by atoms with Gasteiger partial charge in [-0.1, -0.05) is 13.8 Å². The van der Waals surface area contributed by atoms with Gasteiger partial charge >= 0.3 is 0 Å². The Morgan fingerprint density at radius 3 is 2.35 bits per heavy atom. The fourth-order valence-electron chi connectivity index (χ4n) is 2.78. The summed E-state index contributed by atoms with van der Waals surface area (Å²) < 4.78 is 0. The fourth-order valence-corrected chi connectivity index (χ4v) is 2.78. The lowest BCUT2D eigenvalue weighted by atomic mass is 10.2. The van der Waals surface area contributed by atoms with Crippen LogP contribution in [0.15, 0.2) is 24.5 Å². The topological polar surface area (TPSA) is 56.8 Å². The highest BCUT2D eigenvalue weighted by Crippen LogP contribution is 2.09. The third kappa shape index (κ3) is 4.76. The minimum absolute atomic E-state index is 0.00617. The molecule has 1 fully saturated rings. The molecule has 0 aromatic carbocycles. The molecule has 0 atom stereocenters. The van der Waals surface area contributed by atoms with E-state index in [4.69, 9.17) is 0 Å². The van der Waals surface area contributed by atoms with Gasteiger partial charge in [-0.15, -0.1) is 0 Å². The number of aromatic nitrogens is 1. The molecule has 6 heteroatoms. The molecule has 0 radical (unpaired) electrons. The lowest BCUT2D eigenvalue weighted by Gasteiger charge is -2.35. The van der Waals surface area contributed by atoms with Crippen LogP contribution in [0.5, 0.6) is 0 Å². The molecule has 0 spiro atoms. The van der Waals surface area contributed by atoms with Crippen LogP contribution in [-0.2, 0) is 4.79 Å². The van der Waals surface area contributed by atoms with E-state index in [1.54, 1.807) is 29.4 Å². The SMILES string of the molecule is CCN(CC)CCC(=O)N1CCN(C(=O)c2cccnc2)CC1. The minimum atomic E-state index is -0.00617. The van der Waals surface area contributed by atoms with Crippen LogP contribution >= 0.6 is 0 Å². The summed E-state index contributed by atoms with van der Waals surface area (Å²) in [6, 6.07) is 3.54. The van der Waals surface area contributed by atoms with Crippen LogP contribution in [0.3, 0.4) is 0 Å². The highest BCUT2D eigenvalue weighted by Gasteiger charge is 2.24. The summed E-state index contributed by atoms with van der Waals surface area (Å²) in [6.07, 6.45) is 3.80. The van der Waals surface area contributed by atoms with Gasteiger partial charge in [0, 0.05) is 51.5 Å². The molecular weight excluding hydrogens is 292 g/mol. The molecule has 1 aliphatic rings. The van der Waals surface area contributed by atoms with E-state index < -0.39 is 0 Å². The smallest absolute Gasteiger partial charge is 0.255 e. The fraction of sp³-hybridized carbons (Fsp3) is 0.588. The molecule has 23 heavy (non-hydrogen) atoms. The van der Waals surface area contributed by atoms with E-state index in [-0.39, 0.29) is 11.8 Å². The summed E-state index contributed by atoms with van der Waals surface area (Å²) in [6.45, 7) is 9.37. The van der Waals surface area contributed by atoms with Crippen molar-refractivity contribution in [2.24, 2.45) is 0 Å². The van der Waals surface area contributed by atoms with Gasteiger partial charge in [-0.25, -0.2) is 0 Å². The molecule has 2 rings (SSSR count). The van der Waals surface area contributed by atoms with Gasteiger partial charge in [-0.2, -0.15) is 0 Å². The van der Waals surface area contributed by atoms with Crippen LogP contribution in [0.2, 0.25) is 0 Å². The number of pyridine rings is 1. The van der Waals surface area contributed by atoms with E-state index >= 15 is 0 Å². The Bertz CT molecular complexity index is 509. The van der Waals surface area contributed by atoms with E-state index in [1.807, 2.05) is 4.90 Å². The summed E-state index contributed by atoms with van der Waals surface area (Å²) >= 11 is 0. The molecule has 2 heterocycles. The first-order valence-electron chi connectivity index (χ1n) is 8.35. The molecule has 0 unspecified atom stereocenters. The Hall–Kier alpha value is -1.95. The number of hydrogen-bond acceptors (Lipinski definition) is 4. The van der Waals surface area contributed by atoms with E-state index in [0.29, 0.717) is 38.2 Å². The standard InChI is InChI=1S/C17H26N4O2/c1-3-19(4-2)9-7-16(22)20-10-12-21(13-11-20)17(23)15-6-5-8-18-14-15/h5-6,8,14H,3-4,7,9-13H2,1-2H3. The van der Waals surface area contributed by atoms with Crippen molar-refractivity contribution in [3.63, 3.8) is 0 Å². The van der Waals surface area contributed by atoms with Crippen molar-refractivity contribution in [1.29, 1.82) is 0 Å². The van der Waals surface area contributed by atoms with Gasteiger partial charge < -0.3 is 14.7 Å². The van der Waals surface area contributed by atoms with Crippen LogP contribution in [0, 0.1) is 0 Å². The van der Waals surface area contributed by atoms with E-state index in [1.165, 1.54) is 0 Å². The lowest BCUT2D eigenvalue weighted by molar-refractivity contribution is -0.133. The highest BCUT2D eigenvalue weighted by molar-refractivity contribution is 5.94. The van der Waals surface area contributed by atoms with Crippen LogP contribution in [0.4, 0.5) is 0 Å². The van der Waals surface area contributed by atoms with E-state index in [9.17, 15) is 9.59 Å². The van der Waals surface area contributed by atoms with E-state index in [0.717, 1.165) is 19.6 Å². The predicted molar refractivity (Wildman–Crippen MR) is 89.1 cm³/mol. The quantitative estimate of drug-likeness (QED) is 0.788. The maximum absolute atomic E-state index is 12.3. The van der Waals surface area contributed by atoms with Crippen molar-refractivity contribution in [1.82, 2.24) is 19.7 Å². The van der Waals surface area contributed by atoms with Crippen molar-refractivity contribution in [2.45, 2.75) is 20.3 Å². The first-order valence-corrected chi connectivity index (χ1v) is 8.35. The average Bonchev–Trinajstić information content (AvgIpc) is 2.62. The monoisotopic (exact) mass is 318 g/mol. The Balaban J connectivity index is 1.79. The zero-order chi connectivity index (χ0) is 16.7. The Labute approximate surface area is 138 Å². The highest BCUT2D eigenvalue weighted by atomic mass is 16.2. The summed E-state index contributed by atoms with van der Waals surface area (Å²) in [5.74, 6) is 0.179. The number of rotatable bonds is 6. The number of hydrogen-bond donors (Lipinski definition) is 0. The number of amides is 2. The Kier molecular flexibility index (Phi) is 6.52. The molecule has 126 valence electrons. The molecular formula is C17H26N4O2. The molecule has 0 bridgehead atoms. The van der Waals surface area contributed by atoms with Gasteiger partial charge in [-0.3, -0.25) is 14.6 Å². The number of carbonyl (C=O) groups is 2. The average molecular weight is 318 g/mol. The van der Waals surface area contributed by atoms with E-state index in [2.05, 4.69) is 23.7 Å². The van der Waals surface area contributed by atoms with Crippen LogP contribution in [-0.4, -0.2) is 77.3 Å². The third-order valence-electron chi connectivity index (χ3n) is 4.36. The van der Waals surface area contributed by atoms with Crippen molar-refractivity contribution in [3.8, 4) is 0 Å².